The second kappa shape index (κ2) is 8.84. The summed E-state index contributed by atoms with van der Waals surface area (Å²) in [5.74, 6) is 0.359. The second-order valence-corrected chi connectivity index (χ2v) is 8.45. The predicted molar refractivity (Wildman–Crippen MR) is 117 cm³/mol. The average molecular weight is 468 g/mol. The zero-order valence-electron chi connectivity index (χ0n) is 16.5. The molecule has 0 aliphatic carbocycles. The Morgan fingerprint density at radius 1 is 1.17 bits per heavy atom. The van der Waals surface area contributed by atoms with Crippen molar-refractivity contribution in [3.05, 3.63) is 52.6 Å². The standard InChI is InChI=1S/C22H22BrN5O2/c23-18-5-1-6-19(13-18)28-15-17(12-20(28)29)22(30)27-9-3-8-26(10-11-27)21-16(14-24)4-2-7-25-21/h1-2,4-7,13,17H,3,8-12,15H2. The highest BCUT2D eigenvalue weighted by atomic mass is 79.9. The molecule has 0 bridgehead atoms. The van der Waals surface area contributed by atoms with Crippen LogP contribution in [0.4, 0.5) is 11.5 Å². The highest BCUT2D eigenvalue weighted by molar-refractivity contribution is 9.10. The first-order chi connectivity index (χ1) is 14.6. The van der Waals surface area contributed by atoms with Gasteiger partial charge in [0.2, 0.25) is 11.8 Å². The minimum atomic E-state index is -0.326. The van der Waals surface area contributed by atoms with Gasteiger partial charge in [-0.05, 0) is 36.8 Å². The van der Waals surface area contributed by atoms with Gasteiger partial charge in [0, 0.05) is 55.5 Å². The van der Waals surface area contributed by atoms with Crippen LogP contribution in [-0.2, 0) is 9.59 Å². The van der Waals surface area contributed by atoms with E-state index >= 15 is 0 Å². The van der Waals surface area contributed by atoms with E-state index in [1.165, 1.54) is 0 Å². The number of nitrogens with zero attached hydrogens (tertiary/aromatic N) is 5. The molecule has 3 heterocycles. The summed E-state index contributed by atoms with van der Waals surface area (Å²) >= 11 is 3.44. The van der Waals surface area contributed by atoms with Gasteiger partial charge in [0.25, 0.3) is 0 Å². The molecular weight excluding hydrogens is 446 g/mol. The quantitative estimate of drug-likeness (QED) is 0.692. The Bertz CT molecular complexity index is 1010. The maximum Gasteiger partial charge on any atom is 0.228 e. The molecule has 8 heteroatoms. The summed E-state index contributed by atoms with van der Waals surface area (Å²) in [4.78, 5) is 35.7. The monoisotopic (exact) mass is 467 g/mol. The first-order valence-corrected chi connectivity index (χ1v) is 10.8. The zero-order chi connectivity index (χ0) is 21.1. The molecular formula is C22H22BrN5O2. The maximum atomic E-state index is 13.2. The largest absolute Gasteiger partial charge is 0.354 e. The van der Waals surface area contributed by atoms with E-state index in [1.807, 2.05) is 29.2 Å². The van der Waals surface area contributed by atoms with Crippen LogP contribution >= 0.6 is 15.9 Å². The number of pyridine rings is 1. The third kappa shape index (κ3) is 4.17. The van der Waals surface area contributed by atoms with Crippen molar-refractivity contribution >= 4 is 39.2 Å². The van der Waals surface area contributed by atoms with Crippen molar-refractivity contribution in [3.63, 3.8) is 0 Å². The molecule has 7 nitrogen and oxygen atoms in total. The van der Waals surface area contributed by atoms with Crippen LogP contribution in [0.1, 0.15) is 18.4 Å². The number of benzene rings is 1. The van der Waals surface area contributed by atoms with Crippen LogP contribution in [0.25, 0.3) is 0 Å². The summed E-state index contributed by atoms with van der Waals surface area (Å²) in [5.41, 5.74) is 1.36. The molecule has 2 fully saturated rings. The molecule has 1 aromatic carbocycles. The minimum absolute atomic E-state index is 0.0185. The van der Waals surface area contributed by atoms with Gasteiger partial charge in [0.15, 0.2) is 0 Å². The van der Waals surface area contributed by atoms with E-state index < -0.39 is 0 Å². The van der Waals surface area contributed by atoms with Crippen molar-refractivity contribution in [3.8, 4) is 6.07 Å². The van der Waals surface area contributed by atoms with Gasteiger partial charge in [-0.1, -0.05) is 22.0 Å². The van der Waals surface area contributed by atoms with Gasteiger partial charge in [-0.3, -0.25) is 9.59 Å². The van der Waals surface area contributed by atoms with Crippen molar-refractivity contribution in [2.24, 2.45) is 5.92 Å². The Balaban J connectivity index is 1.42. The molecule has 2 saturated heterocycles. The number of rotatable bonds is 3. The number of hydrogen-bond donors (Lipinski definition) is 0. The number of carbonyl (C=O) groups is 2. The molecule has 0 N–H and O–H groups in total. The van der Waals surface area contributed by atoms with E-state index in [4.69, 9.17) is 0 Å². The Morgan fingerprint density at radius 3 is 2.83 bits per heavy atom. The highest BCUT2D eigenvalue weighted by Crippen LogP contribution is 2.28. The maximum absolute atomic E-state index is 13.2. The van der Waals surface area contributed by atoms with Crippen LogP contribution in [0.3, 0.4) is 0 Å². The Labute approximate surface area is 184 Å². The fourth-order valence-corrected chi connectivity index (χ4v) is 4.50. The summed E-state index contributed by atoms with van der Waals surface area (Å²) in [6, 6.07) is 13.3. The fourth-order valence-electron chi connectivity index (χ4n) is 4.11. The van der Waals surface area contributed by atoms with Crippen LogP contribution in [-0.4, -0.2) is 54.4 Å². The smallest absolute Gasteiger partial charge is 0.228 e. The van der Waals surface area contributed by atoms with Gasteiger partial charge in [-0.15, -0.1) is 0 Å². The van der Waals surface area contributed by atoms with E-state index in [0.717, 1.165) is 23.1 Å². The summed E-state index contributed by atoms with van der Waals surface area (Å²) < 4.78 is 0.904. The summed E-state index contributed by atoms with van der Waals surface area (Å²) in [7, 11) is 0. The molecule has 0 radical (unpaired) electrons. The molecule has 1 unspecified atom stereocenters. The zero-order valence-corrected chi connectivity index (χ0v) is 18.1. The van der Waals surface area contributed by atoms with Crippen LogP contribution in [0, 0.1) is 17.2 Å². The Hall–Kier alpha value is -2.92. The first kappa shape index (κ1) is 20.4. The average Bonchev–Trinajstić information content (AvgIpc) is 2.99. The molecule has 154 valence electrons. The van der Waals surface area contributed by atoms with E-state index in [9.17, 15) is 14.9 Å². The lowest BCUT2D eigenvalue weighted by molar-refractivity contribution is -0.135. The van der Waals surface area contributed by atoms with Gasteiger partial charge in [-0.25, -0.2) is 4.98 Å². The van der Waals surface area contributed by atoms with E-state index in [0.29, 0.717) is 37.6 Å². The molecule has 2 aliphatic rings. The molecule has 4 rings (SSSR count). The van der Waals surface area contributed by atoms with Crippen LogP contribution in [0.5, 0.6) is 0 Å². The van der Waals surface area contributed by atoms with Gasteiger partial charge < -0.3 is 14.7 Å². The number of carbonyl (C=O) groups excluding carboxylic acids is 2. The van der Waals surface area contributed by atoms with Gasteiger partial charge in [0.05, 0.1) is 11.5 Å². The second-order valence-electron chi connectivity index (χ2n) is 7.54. The van der Waals surface area contributed by atoms with Crippen molar-refractivity contribution in [1.29, 1.82) is 5.26 Å². The number of anilines is 2. The topological polar surface area (TPSA) is 80.5 Å². The van der Waals surface area contributed by atoms with Crippen LogP contribution in [0.15, 0.2) is 47.1 Å². The first-order valence-electron chi connectivity index (χ1n) is 10.0. The Kier molecular flexibility index (Phi) is 6.00. The predicted octanol–water partition coefficient (Wildman–Crippen LogP) is 2.81. The molecule has 2 amide bonds. The van der Waals surface area contributed by atoms with Crippen LogP contribution < -0.4 is 9.80 Å². The Morgan fingerprint density at radius 2 is 2.03 bits per heavy atom. The van der Waals surface area contributed by atoms with Crippen molar-refractivity contribution in [2.75, 3.05) is 42.5 Å². The number of aromatic nitrogens is 1. The van der Waals surface area contributed by atoms with Crippen molar-refractivity contribution in [2.45, 2.75) is 12.8 Å². The third-order valence-electron chi connectivity index (χ3n) is 5.61. The van der Waals surface area contributed by atoms with Crippen molar-refractivity contribution < 1.29 is 9.59 Å². The molecule has 2 aliphatic heterocycles. The normalized spacial score (nSPS) is 19.5. The third-order valence-corrected chi connectivity index (χ3v) is 6.10. The number of halogens is 1. The van der Waals surface area contributed by atoms with E-state index in [1.54, 1.807) is 23.2 Å². The van der Waals surface area contributed by atoms with Gasteiger partial charge in [0.1, 0.15) is 11.9 Å². The minimum Gasteiger partial charge on any atom is -0.354 e. The lowest BCUT2D eigenvalue weighted by Crippen LogP contribution is -2.40. The molecule has 0 spiro atoms. The lowest BCUT2D eigenvalue weighted by atomic mass is 10.1. The van der Waals surface area contributed by atoms with Gasteiger partial charge >= 0.3 is 0 Å². The van der Waals surface area contributed by atoms with Crippen LogP contribution in [0.2, 0.25) is 0 Å². The number of nitriles is 1. The lowest BCUT2D eigenvalue weighted by Gasteiger charge is -2.25. The van der Waals surface area contributed by atoms with E-state index in [-0.39, 0.29) is 24.2 Å². The summed E-state index contributed by atoms with van der Waals surface area (Å²) in [6.07, 6.45) is 2.72. The molecule has 2 aromatic rings. The molecule has 1 atom stereocenters. The SMILES string of the molecule is N#Cc1cccnc1N1CCCN(C(=O)C2CC(=O)N(c3cccc(Br)c3)C2)CC1. The highest BCUT2D eigenvalue weighted by Gasteiger charge is 2.37. The number of hydrogen-bond acceptors (Lipinski definition) is 5. The van der Waals surface area contributed by atoms with E-state index in [2.05, 4.69) is 31.9 Å². The fraction of sp³-hybridized carbons (Fsp3) is 0.364. The van der Waals surface area contributed by atoms with Gasteiger partial charge in [-0.2, -0.15) is 5.26 Å². The number of amides is 2. The van der Waals surface area contributed by atoms with Crippen molar-refractivity contribution in [1.82, 2.24) is 9.88 Å². The molecule has 30 heavy (non-hydrogen) atoms. The molecule has 1 aromatic heterocycles. The molecule has 0 saturated carbocycles. The summed E-state index contributed by atoms with van der Waals surface area (Å²) in [5, 5.41) is 9.34. The summed E-state index contributed by atoms with van der Waals surface area (Å²) in [6.45, 7) is 2.97.